The lowest BCUT2D eigenvalue weighted by molar-refractivity contribution is 0.0295. The summed E-state index contributed by atoms with van der Waals surface area (Å²) in [7, 11) is 6.93. The van der Waals surface area contributed by atoms with Gasteiger partial charge in [0.2, 0.25) is 0 Å². The molecule has 3 aliphatic heterocycles. The number of fused-ring (bicyclic) bond motifs is 4. The van der Waals surface area contributed by atoms with Crippen molar-refractivity contribution in [1.82, 2.24) is 14.7 Å². The first-order valence-corrected chi connectivity index (χ1v) is 17.4. The summed E-state index contributed by atoms with van der Waals surface area (Å²) in [5.41, 5.74) is 5.59. The number of rotatable bonds is 14. The highest BCUT2D eigenvalue weighted by molar-refractivity contribution is 6.18. The van der Waals surface area contributed by atoms with E-state index in [1.165, 1.54) is 28.7 Å². The van der Waals surface area contributed by atoms with Crippen molar-refractivity contribution in [2.24, 2.45) is 11.8 Å². The first kappa shape index (κ1) is 33.5. The number of ether oxygens (including phenoxy) is 4. The van der Waals surface area contributed by atoms with Crippen LogP contribution < -0.4 is 18.9 Å². The molecule has 0 saturated carbocycles. The minimum absolute atomic E-state index is 0.312. The Morgan fingerprint density at radius 3 is 1.91 bits per heavy atom. The van der Waals surface area contributed by atoms with Gasteiger partial charge in [-0.1, -0.05) is 13.3 Å². The fourth-order valence-electron chi connectivity index (χ4n) is 8.01. The summed E-state index contributed by atoms with van der Waals surface area (Å²) in [4.78, 5) is 7.84. The third kappa shape index (κ3) is 7.07. The Bertz CT molecular complexity index is 1240. The van der Waals surface area contributed by atoms with Crippen LogP contribution in [0.25, 0.3) is 0 Å². The molecule has 0 unspecified atom stereocenters. The molecule has 0 spiro atoms. The summed E-state index contributed by atoms with van der Waals surface area (Å²) < 4.78 is 23.0. The lowest BCUT2D eigenvalue weighted by atomic mass is 9.72. The van der Waals surface area contributed by atoms with Crippen molar-refractivity contribution in [2.45, 2.75) is 51.1 Å². The van der Waals surface area contributed by atoms with Gasteiger partial charge in [0, 0.05) is 69.7 Å². The molecular formula is C35H51Cl2N3O4. The van der Waals surface area contributed by atoms with E-state index in [-0.39, 0.29) is 0 Å². The van der Waals surface area contributed by atoms with Gasteiger partial charge >= 0.3 is 0 Å². The minimum atomic E-state index is 0.312. The van der Waals surface area contributed by atoms with Crippen LogP contribution in [-0.2, 0) is 12.8 Å². The van der Waals surface area contributed by atoms with Gasteiger partial charge in [0.05, 0.1) is 28.4 Å². The molecule has 2 aromatic carbocycles. The van der Waals surface area contributed by atoms with E-state index in [1.54, 1.807) is 28.4 Å². The Kier molecular flexibility index (Phi) is 11.9. The van der Waals surface area contributed by atoms with Crippen molar-refractivity contribution in [3.63, 3.8) is 0 Å². The van der Waals surface area contributed by atoms with Crippen molar-refractivity contribution in [3.05, 3.63) is 46.5 Å². The number of nitrogens with zero attached hydrogens (tertiary/aromatic N) is 3. The Morgan fingerprint density at radius 2 is 1.32 bits per heavy atom. The second-order valence-electron chi connectivity index (χ2n) is 12.5. The normalized spacial score (nSPS) is 23.5. The Labute approximate surface area is 274 Å². The fourth-order valence-corrected chi connectivity index (χ4v) is 8.49. The molecule has 7 nitrogen and oxygen atoms in total. The number of hydrogen-bond acceptors (Lipinski definition) is 7. The SMILES string of the molecule is CC[C@H]1CN2CCc3cc(OC)c(OC)cc3[C@@H]2C[C@@H]1C[C@@H]1c2cc(OC)c(OC)cc2CCN1CCN(CCCl)CCCl. The van der Waals surface area contributed by atoms with E-state index in [9.17, 15) is 0 Å². The largest absolute Gasteiger partial charge is 0.493 e. The molecule has 0 N–H and O–H groups in total. The lowest BCUT2D eigenvalue weighted by Gasteiger charge is -2.49. The van der Waals surface area contributed by atoms with E-state index in [4.69, 9.17) is 42.1 Å². The molecule has 0 bridgehead atoms. The first-order chi connectivity index (χ1) is 21.5. The second-order valence-corrected chi connectivity index (χ2v) is 13.2. The van der Waals surface area contributed by atoms with E-state index < -0.39 is 0 Å². The summed E-state index contributed by atoms with van der Waals surface area (Å²) in [5.74, 6) is 5.78. The molecule has 244 valence electrons. The van der Waals surface area contributed by atoms with Gasteiger partial charge in [-0.15, -0.1) is 23.2 Å². The highest BCUT2D eigenvalue weighted by Gasteiger charge is 2.41. The Hall–Kier alpha value is -1.90. The zero-order valence-electron chi connectivity index (χ0n) is 27.2. The molecule has 0 aromatic heterocycles. The summed E-state index contributed by atoms with van der Waals surface area (Å²) in [6.07, 6.45) is 5.53. The number of benzene rings is 2. The monoisotopic (exact) mass is 647 g/mol. The second kappa shape index (κ2) is 15.6. The van der Waals surface area contributed by atoms with Crippen LogP contribution in [0.5, 0.6) is 23.0 Å². The third-order valence-corrected chi connectivity index (χ3v) is 10.8. The minimum Gasteiger partial charge on any atom is -0.493 e. The van der Waals surface area contributed by atoms with Gasteiger partial charge in [-0.25, -0.2) is 0 Å². The summed E-state index contributed by atoms with van der Waals surface area (Å²) >= 11 is 12.3. The standard InChI is InChI=1S/C35H51Cl2N3O4/c1-6-24-23-40-12-8-26-20-33(42-3)35(44-5)22-29(26)31(40)18-27(24)17-30-28-21-34(43-4)32(41-2)19-25(28)7-11-39(30)16-15-38(13-9-36)14-10-37/h19-22,24,27,30-31H,6-18,23H2,1-5H3/t24-,27-,30+,31-/m0/s1. The molecule has 0 radical (unpaired) electrons. The summed E-state index contributed by atoms with van der Waals surface area (Å²) in [6, 6.07) is 9.63. The van der Waals surface area contributed by atoms with Crippen LogP contribution in [0, 0.1) is 11.8 Å². The van der Waals surface area contributed by atoms with Gasteiger partial charge < -0.3 is 18.9 Å². The Balaban J connectivity index is 1.46. The van der Waals surface area contributed by atoms with Crippen molar-refractivity contribution in [1.29, 1.82) is 0 Å². The van der Waals surface area contributed by atoms with Gasteiger partial charge in [0.25, 0.3) is 0 Å². The zero-order chi connectivity index (χ0) is 31.2. The van der Waals surface area contributed by atoms with Crippen molar-refractivity contribution in [3.8, 4) is 23.0 Å². The first-order valence-electron chi connectivity index (χ1n) is 16.3. The van der Waals surface area contributed by atoms with Crippen LogP contribution in [-0.4, -0.2) is 101 Å². The number of hydrogen-bond donors (Lipinski definition) is 0. The summed E-state index contributed by atoms with van der Waals surface area (Å²) in [6.45, 7) is 9.33. The number of alkyl halides is 2. The zero-order valence-corrected chi connectivity index (χ0v) is 28.8. The predicted molar refractivity (Wildman–Crippen MR) is 180 cm³/mol. The van der Waals surface area contributed by atoms with E-state index in [1.807, 2.05) is 0 Å². The van der Waals surface area contributed by atoms with E-state index in [0.717, 1.165) is 94.5 Å². The quantitative estimate of drug-likeness (QED) is 0.219. The third-order valence-electron chi connectivity index (χ3n) is 10.4. The molecule has 0 aliphatic carbocycles. The van der Waals surface area contributed by atoms with Crippen molar-refractivity contribution >= 4 is 23.2 Å². The van der Waals surface area contributed by atoms with Crippen LogP contribution in [0.15, 0.2) is 24.3 Å². The van der Waals surface area contributed by atoms with Gasteiger partial charge in [0.15, 0.2) is 23.0 Å². The number of halogens is 2. The van der Waals surface area contributed by atoms with Gasteiger partial charge in [-0.3, -0.25) is 14.7 Å². The molecule has 5 rings (SSSR count). The van der Waals surface area contributed by atoms with Gasteiger partial charge in [-0.2, -0.15) is 0 Å². The molecule has 0 amide bonds. The molecule has 4 atom stereocenters. The molecule has 1 fully saturated rings. The van der Waals surface area contributed by atoms with Crippen LogP contribution in [0.4, 0.5) is 0 Å². The number of methoxy groups -OCH3 is 4. The van der Waals surface area contributed by atoms with Crippen LogP contribution >= 0.6 is 23.2 Å². The van der Waals surface area contributed by atoms with Crippen molar-refractivity contribution in [2.75, 3.05) is 86.0 Å². The Morgan fingerprint density at radius 1 is 0.750 bits per heavy atom. The molecule has 1 saturated heterocycles. The highest BCUT2D eigenvalue weighted by atomic mass is 35.5. The molecule has 2 aromatic rings. The molecule has 3 aliphatic rings. The maximum absolute atomic E-state index is 6.16. The van der Waals surface area contributed by atoms with Crippen LogP contribution in [0.2, 0.25) is 0 Å². The molecule has 9 heteroatoms. The van der Waals surface area contributed by atoms with E-state index in [0.29, 0.717) is 35.7 Å². The topological polar surface area (TPSA) is 46.6 Å². The summed E-state index contributed by atoms with van der Waals surface area (Å²) in [5, 5.41) is 0. The maximum atomic E-state index is 6.16. The van der Waals surface area contributed by atoms with Gasteiger partial charge in [-0.05, 0) is 84.0 Å². The van der Waals surface area contributed by atoms with Crippen LogP contribution in [0.3, 0.4) is 0 Å². The molecular weight excluding hydrogens is 597 g/mol. The molecule has 3 heterocycles. The van der Waals surface area contributed by atoms with Crippen molar-refractivity contribution < 1.29 is 18.9 Å². The lowest BCUT2D eigenvalue weighted by Crippen LogP contribution is -2.47. The van der Waals surface area contributed by atoms with Gasteiger partial charge in [0.1, 0.15) is 0 Å². The molecule has 44 heavy (non-hydrogen) atoms. The predicted octanol–water partition coefficient (Wildman–Crippen LogP) is 6.44. The van der Waals surface area contributed by atoms with E-state index in [2.05, 4.69) is 45.9 Å². The van der Waals surface area contributed by atoms with E-state index >= 15 is 0 Å². The smallest absolute Gasteiger partial charge is 0.161 e. The number of piperidine rings is 1. The average molecular weight is 649 g/mol. The van der Waals surface area contributed by atoms with Crippen LogP contribution in [0.1, 0.15) is 60.5 Å². The highest BCUT2D eigenvalue weighted by Crippen LogP contribution is 2.49. The maximum Gasteiger partial charge on any atom is 0.161 e. The average Bonchev–Trinajstić information content (AvgIpc) is 3.06. The fraction of sp³-hybridized carbons (Fsp3) is 0.657.